The molecule has 1 aliphatic rings. The van der Waals surface area contributed by atoms with Crippen molar-refractivity contribution in [1.29, 1.82) is 0 Å². The van der Waals surface area contributed by atoms with Crippen LogP contribution in [0.15, 0.2) is 75.0 Å². The maximum atomic E-state index is 12.9. The van der Waals surface area contributed by atoms with Gasteiger partial charge in [-0.15, -0.1) is 0 Å². The van der Waals surface area contributed by atoms with Crippen LogP contribution in [0, 0.1) is 10.1 Å². The van der Waals surface area contributed by atoms with Crippen LogP contribution in [0.5, 0.6) is 11.5 Å². The number of amidine groups is 1. The molecule has 0 aromatic heterocycles. The van der Waals surface area contributed by atoms with Gasteiger partial charge in [-0.1, -0.05) is 0 Å². The van der Waals surface area contributed by atoms with Crippen LogP contribution in [0.1, 0.15) is 21.5 Å². The molecule has 0 radical (unpaired) electrons. The number of halogens is 1. The molecule has 0 saturated carbocycles. The number of hydrogen-bond acceptors (Lipinski definition) is 8. The summed E-state index contributed by atoms with van der Waals surface area (Å²) in [5.41, 5.74) is 2.11. The fraction of sp³-hybridized carbons (Fsp3) is 0.115. The maximum absolute atomic E-state index is 12.9. The molecule has 0 spiro atoms. The minimum atomic E-state index is -1.03. The molecule has 1 aliphatic heterocycles. The van der Waals surface area contributed by atoms with Gasteiger partial charge in [-0.25, -0.2) is 9.79 Å². The van der Waals surface area contributed by atoms with Crippen LogP contribution in [0.25, 0.3) is 6.08 Å². The Labute approximate surface area is 229 Å². The van der Waals surface area contributed by atoms with Gasteiger partial charge in [0, 0.05) is 19.2 Å². The van der Waals surface area contributed by atoms with Crippen molar-refractivity contribution < 1.29 is 29.1 Å². The number of aliphatic imine (C=N–C) groups is 1. The summed E-state index contributed by atoms with van der Waals surface area (Å²) in [6, 6.07) is 15.6. The number of carbonyl (C=O) groups is 2. The van der Waals surface area contributed by atoms with E-state index < -0.39 is 10.9 Å². The molecule has 10 nitrogen and oxygen atoms in total. The monoisotopic (exact) mass is 597 g/mol. The van der Waals surface area contributed by atoms with E-state index in [9.17, 15) is 19.7 Å². The minimum Gasteiger partial charge on any atom is -0.493 e. The number of carbonyl (C=O) groups excluding carboxylic acids is 1. The average molecular weight is 598 g/mol. The molecule has 1 N–H and O–H groups in total. The SMILES string of the molecule is COc1cc(/C=C2\SC(=Nc3ccc(C(=O)O)cc3)N(C)C2=O)cc(Br)c1OCc1ccc([N+](=O)[O-])cc1. The van der Waals surface area contributed by atoms with E-state index in [1.54, 1.807) is 49.5 Å². The van der Waals surface area contributed by atoms with Gasteiger partial charge < -0.3 is 14.6 Å². The fourth-order valence-corrected chi connectivity index (χ4v) is 4.99. The molecule has 0 unspecified atom stereocenters. The van der Waals surface area contributed by atoms with Crippen molar-refractivity contribution in [2.45, 2.75) is 6.61 Å². The van der Waals surface area contributed by atoms with Gasteiger partial charge in [0.2, 0.25) is 0 Å². The van der Waals surface area contributed by atoms with E-state index in [0.717, 1.165) is 5.56 Å². The summed E-state index contributed by atoms with van der Waals surface area (Å²) in [4.78, 5) is 40.6. The largest absolute Gasteiger partial charge is 0.493 e. The first-order valence-corrected chi connectivity index (χ1v) is 12.6. The third-order valence-electron chi connectivity index (χ3n) is 5.42. The van der Waals surface area contributed by atoms with Crippen LogP contribution < -0.4 is 9.47 Å². The van der Waals surface area contributed by atoms with Crippen LogP contribution in [-0.2, 0) is 11.4 Å². The summed E-state index contributed by atoms with van der Waals surface area (Å²) in [6.45, 7) is 0.166. The number of benzene rings is 3. The number of amides is 1. The highest BCUT2D eigenvalue weighted by atomic mass is 79.9. The average Bonchev–Trinajstić information content (AvgIpc) is 3.15. The van der Waals surface area contributed by atoms with Gasteiger partial charge >= 0.3 is 5.97 Å². The summed E-state index contributed by atoms with van der Waals surface area (Å²) in [5, 5.41) is 20.4. The van der Waals surface area contributed by atoms with Gasteiger partial charge in [-0.2, -0.15) is 0 Å². The van der Waals surface area contributed by atoms with Gasteiger partial charge in [0.25, 0.3) is 11.6 Å². The Morgan fingerprint density at radius 3 is 2.47 bits per heavy atom. The molecule has 1 fully saturated rings. The van der Waals surface area contributed by atoms with Crippen molar-refractivity contribution in [3.63, 3.8) is 0 Å². The lowest BCUT2D eigenvalue weighted by Crippen LogP contribution is -2.23. The summed E-state index contributed by atoms with van der Waals surface area (Å²) in [7, 11) is 3.12. The predicted molar refractivity (Wildman–Crippen MR) is 147 cm³/mol. The third kappa shape index (κ3) is 6.03. The second-order valence-corrected chi connectivity index (χ2v) is 9.83. The van der Waals surface area contributed by atoms with Crippen LogP contribution in [0.4, 0.5) is 11.4 Å². The van der Waals surface area contributed by atoms with Crippen LogP contribution in [0.3, 0.4) is 0 Å². The molecule has 0 atom stereocenters. The number of nitro groups is 1. The molecule has 0 bridgehead atoms. The Kier molecular flexibility index (Phi) is 8.13. The van der Waals surface area contributed by atoms with Gasteiger partial charge in [-0.3, -0.25) is 19.8 Å². The molecule has 1 heterocycles. The van der Waals surface area contributed by atoms with Gasteiger partial charge in [-0.05, 0) is 93.4 Å². The quantitative estimate of drug-likeness (QED) is 0.193. The molecule has 0 aliphatic carbocycles. The number of thioether (sulfide) groups is 1. The number of aromatic carboxylic acids is 1. The van der Waals surface area contributed by atoms with Crippen molar-refractivity contribution >= 4 is 62.2 Å². The number of ether oxygens (including phenoxy) is 2. The highest BCUT2D eigenvalue weighted by molar-refractivity contribution is 9.10. The highest BCUT2D eigenvalue weighted by Gasteiger charge is 2.30. The first-order chi connectivity index (χ1) is 18.2. The molecule has 1 amide bonds. The Balaban J connectivity index is 1.53. The molecule has 12 heteroatoms. The van der Waals surface area contributed by atoms with Crippen molar-refractivity contribution in [2.75, 3.05) is 14.2 Å². The number of nitro benzene ring substituents is 1. The van der Waals surface area contributed by atoms with E-state index in [4.69, 9.17) is 14.6 Å². The van der Waals surface area contributed by atoms with Crippen molar-refractivity contribution in [1.82, 2.24) is 4.90 Å². The topological polar surface area (TPSA) is 132 Å². The summed E-state index contributed by atoms with van der Waals surface area (Å²) >= 11 is 4.70. The Bertz CT molecular complexity index is 1470. The fourth-order valence-electron chi connectivity index (χ4n) is 3.42. The van der Waals surface area contributed by atoms with Crippen LogP contribution in [-0.4, -0.2) is 46.1 Å². The number of rotatable bonds is 8. The predicted octanol–water partition coefficient (Wildman–Crippen LogP) is 5.88. The molecule has 38 heavy (non-hydrogen) atoms. The molecule has 3 aromatic carbocycles. The number of non-ortho nitro benzene ring substituents is 1. The van der Waals surface area contributed by atoms with Crippen LogP contribution in [0.2, 0.25) is 0 Å². The van der Waals surface area contributed by atoms with Crippen molar-refractivity contribution in [3.8, 4) is 11.5 Å². The van der Waals surface area contributed by atoms with E-state index >= 15 is 0 Å². The zero-order chi connectivity index (χ0) is 27.4. The second kappa shape index (κ2) is 11.5. The molecular formula is C26H20BrN3O7S. The van der Waals surface area contributed by atoms with E-state index in [0.29, 0.717) is 37.3 Å². The summed E-state index contributed by atoms with van der Waals surface area (Å²) in [6.07, 6.45) is 1.72. The number of carboxylic acids is 1. The standard InChI is InChI=1S/C26H20BrN3O7S/c1-29-24(31)22(38-26(29)28-18-7-5-17(6-8-18)25(32)33)13-16-11-20(27)23(21(12-16)36-2)37-14-15-3-9-19(10-4-15)30(34)35/h3-13H,14H2,1-2H3,(H,32,33)/b22-13-,28-26?. The number of likely N-dealkylation sites (N-methyl/N-ethyl adjacent to an activating group) is 1. The second-order valence-electron chi connectivity index (χ2n) is 7.97. The van der Waals surface area contributed by atoms with Crippen LogP contribution >= 0.6 is 27.7 Å². The molecule has 194 valence electrons. The van der Waals surface area contributed by atoms with E-state index in [2.05, 4.69) is 20.9 Å². The molecule has 3 aromatic rings. The number of methoxy groups -OCH3 is 1. The van der Waals surface area contributed by atoms with Crippen molar-refractivity contribution in [3.05, 3.63) is 96.8 Å². The number of hydrogen-bond donors (Lipinski definition) is 1. The smallest absolute Gasteiger partial charge is 0.335 e. The molecule has 4 rings (SSSR count). The lowest BCUT2D eigenvalue weighted by atomic mass is 10.1. The Morgan fingerprint density at radius 1 is 1.18 bits per heavy atom. The summed E-state index contributed by atoms with van der Waals surface area (Å²) < 4.78 is 12.0. The lowest BCUT2D eigenvalue weighted by molar-refractivity contribution is -0.384. The third-order valence-corrected chi connectivity index (χ3v) is 7.07. The first-order valence-electron chi connectivity index (χ1n) is 11.0. The summed E-state index contributed by atoms with van der Waals surface area (Å²) in [5.74, 6) is -0.377. The zero-order valence-corrected chi connectivity index (χ0v) is 22.5. The highest BCUT2D eigenvalue weighted by Crippen LogP contribution is 2.39. The zero-order valence-electron chi connectivity index (χ0n) is 20.1. The Hall–Kier alpha value is -4.16. The van der Waals surface area contributed by atoms with E-state index in [1.807, 2.05) is 0 Å². The maximum Gasteiger partial charge on any atom is 0.335 e. The molecule has 1 saturated heterocycles. The lowest BCUT2D eigenvalue weighted by Gasteiger charge is -2.14. The van der Waals surface area contributed by atoms with Gasteiger partial charge in [0.1, 0.15) is 6.61 Å². The van der Waals surface area contributed by atoms with Gasteiger partial charge in [0.05, 0.1) is 32.7 Å². The van der Waals surface area contributed by atoms with Crippen molar-refractivity contribution in [2.24, 2.45) is 4.99 Å². The minimum absolute atomic E-state index is 0.000768. The number of carboxylic acid groups (broad SMARTS) is 1. The Morgan fingerprint density at radius 2 is 1.87 bits per heavy atom. The molecular weight excluding hydrogens is 578 g/mol. The van der Waals surface area contributed by atoms with Gasteiger partial charge in [0.15, 0.2) is 16.7 Å². The van der Waals surface area contributed by atoms with E-state index in [-0.39, 0.29) is 23.8 Å². The first kappa shape index (κ1) is 26.9. The van der Waals surface area contributed by atoms with E-state index in [1.165, 1.54) is 48.0 Å². The number of nitrogens with zero attached hydrogens (tertiary/aromatic N) is 3. The normalized spacial score (nSPS) is 15.2.